The Balaban J connectivity index is 2.85. The van der Waals surface area contributed by atoms with Crippen molar-refractivity contribution < 1.29 is 24.7 Å². The van der Waals surface area contributed by atoms with Crippen molar-refractivity contribution in [3.63, 3.8) is 0 Å². The van der Waals surface area contributed by atoms with E-state index in [1.54, 1.807) is 0 Å². The molecule has 1 aromatic heterocycles. The van der Waals surface area contributed by atoms with Gasteiger partial charge in [0.25, 0.3) is 0 Å². The number of carbonyl (C=O) groups is 2. The van der Waals surface area contributed by atoms with Crippen molar-refractivity contribution in [2.75, 3.05) is 11.9 Å². The number of nitro groups is 1. The van der Waals surface area contributed by atoms with E-state index in [9.17, 15) is 19.7 Å². The van der Waals surface area contributed by atoms with E-state index in [2.05, 4.69) is 5.32 Å². The third kappa shape index (κ3) is 3.41. The number of carboxylic acids is 2. The van der Waals surface area contributed by atoms with Crippen LogP contribution in [0.5, 0.6) is 0 Å². The first-order valence-corrected chi connectivity index (χ1v) is 5.20. The maximum atomic E-state index is 10.8. The van der Waals surface area contributed by atoms with Crippen LogP contribution in [0.1, 0.15) is 16.1 Å². The van der Waals surface area contributed by atoms with Gasteiger partial charge in [0, 0.05) is 6.54 Å². The first kappa shape index (κ1) is 12.9. The van der Waals surface area contributed by atoms with Crippen LogP contribution in [0.2, 0.25) is 0 Å². The SMILES string of the molecule is O=C(O)CCNc1cc([N+](=O)[O-])sc1C(=O)O. The normalized spacial score (nSPS) is 9.88. The molecule has 0 aliphatic carbocycles. The van der Waals surface area contributed by atoms with Gasteiger partial charge in [-0.15, -0.1) is 0 Å². The highest BCUT2D eigenvalue weighted by molar-refractivity contribution is 7.17. The predicted octanol–water partition coefficient (Wildman–Crippen LogP) is 1.24. The van der Waals surface area contributed by atoms with E-state index in [-0.39, 0.29) is 28.5 Å². The standard InChI is InChI=1S/C8H8N2O6S/c11-6(12)1-2-9-4-3-5(10(15)16)17-7(4)8(13)14/h3,9H,1-2H2,(H,11,12)(H,13,14). The van der Waals surface area contributed by atoms with Gasteiger partial charge in [-0.3, -0.25) is 14.9 Å². The molecular formula is C8H8N2O6S. The first-order valence-electron chi connectivity index (χ1n) is 4.39. The van der Waals surface area contributed by atoms with Crippen molar-refractivity contribution in [3.8, 4) is 0 Å². The summed E-state index contributed by atoms with van der Waals surface area (Å²) in [5.74, 6) is -2.33. The van der Waals surface area contributed by atoms with Gasteiger partial charge in [0.05, 0.1) is 23.1 Å². The lowest BCUT2D eigenvalue weighted by atomic mass is 10.3. The molecule has 1 heterocycles. The minimum Gasteiger partial charge on any atom is -0.481 e. The molecule has 1 aromatic rings. The number of rotatable bonds is 6. The zero-order valence-electron chi connectivity index (χ0n) is 8.37. The number of aliphatic carboxylic acids is 1. The van der Waals surface area contributed by atoms with Crippen LogP contribution in [0, 0.1) is 10.1 Å². The van der Waals surface area contributed by atoms with Gasteiger partial charge in [-0.2, -0.15) is 0 Å². The molecule has 9 heteroatoms. The highest BCUT2D eigenvalue weighted by Gasteiger charge is 2.21. The maximum Gasteiger partial charge on any atom is 0.348 e. The average Bonchev–Trinajstić information content (AvgIpc) is 2.61. The number of carboxylic acid groups (broad SMARTS) is 2. The number of aromatic carboxylic acids is 1. The molecule has 1 rings (SSSR count). The molecular weight excluding hydrogens is 252 g/mol. The van der Waals surface area contributed by atoms with Crippen molar-refractivity contribution >= 4 is 34.0 Å². The molecule has 0 bridgehead atoms. The van der Waals surface area contributed by atoms with Crippen LogP contribution in [0.25, 0.3) is 0 Å². The second-order valence-electron chi connectivity index (χ2n) is 2.96. The van der Waals surface area contributed by atoms with Gasteiger partial charge in [-0.1, -0.05) is 11.3 Å². The average molecular weight is 260 g/mol. The smallest absolute Gasteiger partial charge is 0.348 e. The Kier molecular flexibility index (Phi) is 3.99. The number of nitrogens with zero attached hydrogens (tertiary/aromatic N) is 1. The quantitative estimate of drug-likeness (QED) is 0.518. The van der Waals surface area contributed by atoms with Crippen LogP contribution in [0.3, 0.4) is 0 Å². The highest BCUT2D eigenvalue weighted by Crippen LogP contribution is 2.32. The van der Waals surface area contributed by atoms with Gasteiger partial charge in [-0.05, 0) is 0 Å². The Morgan fingerprint density at radius 3 is 2.59 bits per heavy atom. The lowest BCUT2D eigenvalue weighted by molar-refractivity contribution is -0.380. The third-order valence-electron chi connectivity index (χ3n) is 1.75. The first-order chi connectivity index (χ1) is 7.91. The van der Waals surface area contributed by atoms with Crippen LogP contribution in [0.15, 0.2) is 6.07 Å². The van der Waals surface area contributed by atoms with E-state index >= 15 is 0 Å². The zero-order chi connectivity index (χ0) is 13.0. The second kappa shape index (κ2) is 5.25. The molecule has 0 atom stereocenters. The van der Waals surface area contributed by atoms with Crippen LogP contribution in [-0.2, 0) is 4.79 Å². The molecule has 3 N–H and O–H groups in total. The summed E-state index contributed by atoms with van der Waals surface area (Å²) >= 11 is 0.526. The molecule has 0 fully saturated rings. The molecule has 0 saturated heterocycles. The van der Waals surface area contributed by atoms with Gasteiger partial charge >= 0.3 is 16.9 Å². The summed E-state index contributed by atoms with van der Waals surface area (Å²) in [6.07, 6.45) is -0.206. The Morgan fingerprint density at radius 1 is 1.47 bits per heavy atom. The number of anilines is 1. The minimum atomic E-state index is -1.29. The lowest BCUT2D eigenvalue weighted by Gasteiger charge is -2.01. The Labute approximate surface area is 98.6 Å². The maximum absolute atomic E-state index is 10.8. The molecule has 0 aliphatic heterocycles. The predicted molar refractivity (Wildman–Crippen MR) is 58.7 cm³/mol. The van der Waals surface area contributed by atoms with Gasteiger partial charge in [0.2, 0.25) is 0 Å². The molecule has 17 heavy (non-hydrogen) atoms. The summed E-state index contributed by atoms with van der Waals surface area (Å²) < 4.78 is 0. The van der Waals surface area contributed by atoms with Gasteiger partial charge in [-0.25, -0.2) is 4.79 Å². The number of hydrogen-bond donors (Lipinski definition) is 3. The molecule has 0 aliphatic rings. The van der Waals surface area contributed by atoms with Gasteiger partial charge in [0.15, 0.2) is 0 Å². The summed E-state index contributed by atoms with van der Waals surface area (Å²) in [5.41, 5.74) is 0.0652. The van der Waals surface area contributed by atoms with Crippen LogP contribution in [-0.4, -0.2) is 33.6 Å². The monoisotopic (exact) mass is 260 g/mol. The Morgan fingerprint density at radius 2 is 2.12 bits per heavy atom. The van der Waals surface area contributed by atoms with E-state index in [0.29, 0.717) is 11.3 Å². The second-order valence-corrected chi connectivity index (χ2v) is 3.99. The largest absolute Gasteiger partial charge is 0.481 e. The summed E-state index contributed by atoms with van der Waals surface area (Å²) in [6.45, 7) is 0.00347. The molecule has 8 nitrogen and oxygen atoms in total. The number of nitrogens with one attached hydrogen (secondary N) is 1. The van der Waals surface area contributed by atoms with Crippen molar-refractivity contribution in [3.05, 3.63) is 21.1 Å². The number of thiophene rings is 1. The van der Waals surface area contributed by atoms with Crippen LogP contribution < -0.4 is 5.32 Å². The molecule has 92 valence electrons. The van der Waals surface area contributed by atoms with Crippen LogP contribution in [0.4, 0.5) is 10.7 Å². The fourth-order valence-electron chi connectivity index (χ4n) is 1.06. The minimum absolute atomic E-state index is 0.00347. The van der Waals surface area contributed by atoms with Gasteiger partial charge < -0.3 is 15.5 Å². The summed E-state index contributed by atoms with van der Waals surface area (Å²) in [7, 11) is 0. The van der Waals surface area contributed by atoms with Crippen LogP contribution >= 0.6 is 11.3 Å². The Bertz CT molecular complexity index is 469. The summed E-state index contributed by atoms with van der Waals surface area (Å²) in [6, 6.07) is 1.08. The van der Waals surface area contributed by atoms with E-state index in [1.807, 2.05) is 0 Å². The summed E-state index contributed by atoms with van der Waals surface area (Å²) in [4.78, 5) is 30.6. The molecule has 0 amide bonds. The number of hydrogen-bond acceptors (Lipinski definition) is 6. The molecule has 0 aromatic carbocycles. The van der Waals surface area contributed by atoms with Crippen molar-refractivity contribution in [2.45, 2.75) is 6.42 Å². The fourth-order valence-corrected chi connectivity index (χ4v) is 1.85. The van der Waals surface area contributed by atoms with Crippen molar-refractivity contribution in [2.24, 2.45) is 0 Å². The topological polar surface area (TPSA) is 130 Å². The summed E-state index contributed by atoms with van der Waals surface area (Å²) in [5, 5.41) is 29.9. The highest BCUT2D eigenvalue weighted by atomic mass is 32.1. The molecule has 0 unspecified atom stereocenters. The van der Waals surface area contributed by atoms with Crippen molar-refractivity contribution in [1.29, 1.82) is 0 Å². The van der Waals surface area contributed by atoms with Gasteiger partial charge in [0.1, 0.15) is 4.88 Å². The molecule has 0 radical (unpaired) electrons. The lowest BCUT2D eigenvalue weighted by Crippen LogP contribution is -2.09. The van der Waals surface area contributed by atoms with E-state index in [4.69, 9.17) is 10.2 Å². The van der Waals surface area contributed by atoms with E-state index < -0.39 is 16.9 Å². The molecule has 0 spiro atoms. The molecule has 0 saturated carbocycles. The van der Waals surface area contributed by atoms with Crippen molar-refractivity contribution in [1.82, 2.24) is 0 Å². The third-order valence-corrected chi connectivity index (χ3v) is 2.82. The van der Waals surface area contributed by atoms with E-state index in [1.165, 1.54) is 0 Å². The Hall–Kier alpha value is -2.16. The zero-order valence-corrected chi connectivity index (χ0v) is 9.19. The fraction of sp³-hybridized carbons (Fsp3) is 0.250. The van der Waals surface area contributed by atoms with E-state index in [0.717, 1.165) is 6.07 Å².